The zero-order valence-electron chi connectivity index (χ0n) is 32.7. The molecule has 7 rings (SSSR count). The largest absolute Gasteiger partial charge is 0.487 e. The van der Waals surface area contributed by atoms with Crippen LogP contribution in [0.5, 0.6) is 5.75 Å². The molecule has 0 aliphatic carbocycles. The maximum Gasteiger partial charge on any atom is 0.410 e. The summed E-state index contributed by atoms with van der Waals surface area (Å²) in [5.41, 5.74) is 3.71. The Morgan fingerprint density at radius 2 is 1.67 bits per heavy atom. The first-order valence-corrected chi connectivity index (χ1v) is 22.4. The van der Waals surface area contributed by atoms with Crippen LogP contribution in [0.1, 0.15) is 80.7 Å². The Hall–Kier alpha value is -3.95. The maximum absolute atomic E-state index is 17.4. The molecule has 3 aromatic carbocycles. The summed E-state index contributed by atoms with van der Waals surface area (Å²) in [7, 11) is -2.30. The minimum atomic E-state index is -2.30. The number of nitrogens with zero attached hydrogens (tertiary/aromatic N) is 4. The number of halogens is 3. The van der Waals surface area contributed by atoms with Crippen molar-refractivity contribution in [1.29, 1.82) is 0 Å². The zero-order chi connectivity index (χ0) is 39.0. The van der Waals surface area contributed by atoms with Crippen LogP contribution in [0.4, 0.5) is 23.8 Å². The second-order valence-corrected chi connectivity index (χ2v) is 23.1. The third kappa shape index (κ3) is 6.10. The van der Waals surface area contributed by atoms with Crippen LogP contribution >= 0.6 is 11.8 Å². The molecule has 0 radical (unpaired) electrons. The van der Waals surface area contributed by atoms with Gasteiger partial charge in [-0.05, 0) is 73.5 Å². The van der Waals surface area contributed by atoms with E-state index < -0.39 is 43.3 Å². The van der Waals surface area contributed by atoms with Gasteiger partial charge in [0.15, 0.2) is 22.5 Å². The number of fused-ring (bicyclic) bond motifs is 6. The highest BCUT2D eigenvalue weighted by Gasteiger charge is 2.52. The smallest absolute Gasteiger partial charge is 0.410 e. The number of rotatable bonds is 5. The molecule has 1 amide bonds. The number of hydrogen-bond donors (Lipinski definition) is 0. The molecule has 7 nitrogen and oxygen atoms in total. The number of hydrogen-bond acceptors (Lipinski definition) is 7. The molecule has 0 spiro atoms. The van der Waals surface area contributed by atoms with E-state index in [1.54, 1.807) is 35.4 Å². The molecule has 3 aliphatic rings. The summed E-state index contributed by atoms with van der Waals surface area (Å²) in [6.45, 7) is 19.0. The van der Waals surface area contributed by atoms with Crippen LogP contribution in [0.25, 0.3) is 32.8 Å². The molecule has 12 heteroatoms. The average molecular weight is 775 g/mol. The summed E-state index contributed by atoms with van der Waals surface area (Å²) in [6.07, 6.45) is 2.87. The summed E-state index contributed by atoms with van der Waals surface area (Å²) in [5, 5.41) is 1.41. The minimum absolute atomic E-state index is 0.0198. The standard InChI is InChI=1S/C42H49F3N4O3SSi/c1-22(2)54(23(3)4,24(5)6)19-18-27-29(43)16-14-25-12-11-13-28(32(25)27)33-35(44)37-34-38(36(33)45)51-21-31-30-17-15-26(49(30)41(50)52-42(7,8)9)20-48(31)39(34)47-40(46-37)53-10/h11-14,16,22-24,26,30-31H,15,17,20-21H2,1-10H3. The summed E-state index contributed by atoms with van der Waals surface area (Å²) in [6, 6.07) is 7.26. The van der Waals surface area contributed by atoms with Crippen molar-refractivity contribution < 1.29 is 27.4 Å². The molecule has 3 atom stereocenters. The van der Waals surface area contributed by atoms with Crippen molar-refractivity contribution in [3.63, 3.8) is 0 Å². The molecule has 54 heavy (non-hydrogen) atoms. The summed E-state index contributed by atoms with van der Waals surface area (Å²) < 4.78 is 63.0. The molecular formula is C42H49F3N4O3SSi. The normalized spacial score (nSPS) is 19.7. The van der Waals surface area contributed by atoms with E-state index in [4.69, 9.17) is 14.5 Å². The highest BCUT2D eigenvalue weighted by atomic mass is 32.2. The molecule has 3 unspecified atom stereocenters. The van der Waals surface area contributed by atoms with Crippen molar-refractivity contribution in [1.82, 2.24) is 14.9 Å². The van der Waals surface area contributed by atoms with Crippen molar-refractivity contribution in [3.05, 3.63) is 53.3 Å². The van der Waals surface area contributed by atoms with E-state index >= 15 is 13.2 Å². The van der Waals surface area contributed by atoms with Crippen LogP contribution in [-0.2, 0) is 4.74 Å². The van der Waals surface area contributed by atoms with Crippen molar-refractivity contribution in [3.8, 4) is 28.3 Å². The molecule has 2 saturated heterocycles. The van der Waals surface area contributed by atoms with Crippen LogP contribution in [0.15, 0.2) is 35.5 Å². The molecule has 4 heterocycles. The van der Waals surface area contributed by atoms with Crippen LogP contribution in [-0.4, -0.2) is 72.2 Å². The predicted molar refractivity (Wildman–Crippen MR) is 214 cm³/mol. The lowest BCUT2D eigenvalue weighted by molar-refractivity contribution is 0.00538. The topological polar surface area (TPSA) is 67.8 Å². The molecule has 286 valence electrons. The number of piperazine rings is 1. The van der Waals surface area contributed by atoms with Gasteiger partial charge in [-0.15, -0.1) is 5.54 Å². The molecule has 4 aromatic rings. The lowest BCUT2D eigenvalue weighted by Gasteiger charge is -2.46. The highest BCUT2D eigenvalue weighted by molar-refractivity contribution is 7.98. The van der Waals surface area contributed by atoms with E-state index in [1.165, 1.54) is 17.8 Å². The first-order chi connectivity index (χ1) is 25.5. The third-order valence-electron chi connectivity index (χ3n) is 11.7. The molecule has 2 fully saturated rings. The minimum Gasteiger partial charge on any atom is -0.487 e. The number of carbonyl (C=O) groups excluding carboxylic acids is 1. The fourth-order valence-corrected chi connectivity index (χ4v) is 15.0. The lowest BCUT2D eigenvalue weighted by Crippen LogP contribution is -2.63. The molecule has 1 aromatic heterocycles. The van der Waals surface area contributed by atoms with Gasteiger partial charge < -0.3 is 14.4 Å². The summed E-state index contributed by atoms with van der Waals surface area (Å²) in [5.74, 6) is 1.13. The molecule has 2 bridgehead atoms. The summed E-state index contributed by atoms with van der Waals surface area (Å²) >= 11 is 1.26. The second kappa shape index (κ2) is 14.0. The SMILES string of the molecule is CSc1nc2c3c(c(F)c(-c4cccc5ccc(F)c(C#C[Si](C(C)C)(C(C)C)C(C)C)c45)c(F)c3n1)OCC1C3CCC(CN21)N3C(=O)OC(C)(C)C. The number of amides is 1. The van der Waals surface area contributed by atoms with Crippen molar-refractivity contribution >= 4 is 53.4 Å². The van der Waals surface area contributed by atoms with Gasteiger partial charge in [0.1, 0.15) is 37.4 Å². The number of anilines is 1. The van der Waals surface area contributed by atoms with Crippen molar-refractivity contribution in [2.75, 3.05) is 24.3 Å². The van der Waals surface area contributed by atoms with Crippen LogP contribution in [0, 0.1) is 28.9 Å². The Bertz CT molecular complexity index is 2210. The number of aromatic nitrogens is 2. The second-order valence-electron chi connectivity index (χ2n) is 16.8. The number of carbonyl (C=O) groups is 1. The van der Waals surface area contributed by atoms with Gasteiger partial charge in [-0.25, -0.2) is 27.9 Å². The number of benzene rings is 3. The van der Waals surface area contributed by atoms with Crippen molar-refractivity contribution in [2.45, 2.75) is 121 Å². The van der Waals surface area contributed by atoms with Crippen LogP contribution < -0.4 is 9.64 Å². The van der Waals surface area contributed by atoms with E-state index in [2.05, 4.69) is 58.0 Å². The van der Waals surface area contributed by atoms with Gasteiger partial charge in [0.2, 0.25) is 0 Å². The van der Waals surface area contributed by atoms with E-state index in [-0.39, 0.29) is 52.0 Å². The fraction of sp³-hybridized carbons (Fsp3) is 0.500. The first kappa shape index (κ1) is 38.3. The van der Waals surface area contributed by atoms with E-state index in [0.717, 1.165) is 6.42 Å². The average Bonchev–Trinajstić information content (AvgIpc) is 3.33. The number of thioether (sulfide) groups is 1. The molecule has 0 N–H and O–H groups in total. The van der Waals surface area contributed by atoms with Gasteiger partial charge in [0, 0.05) is 11.9 Å². The van der Waals surface area contributed by atoms with Crippen molar-refractivity contribution in [2.24, 2.45) is 0 Å². The molecule has 0 saturated carbocycles. The zero-order valence-corrected chi connectivity index (χ0v) is 34.6. The Labute approximate surface area is 321 Å². The van der Waals surface area contributed by atoms with Gasteiger partial charge in [-0.3, -0.25) is 4.90 Å². The summed E-state index contributed by atoms with van der Waals surface area (Å²) in [4.78, 5) is 26.8. The third-order valence-corrected chi connectivity index (χ3v) is 18.6. The number of ether oxygens (including phenoxy) is 2. The Kier molecular flexibility index (Phi) is 9.91. The fourth-order valence-electron chi connectivity index (χ4n) is 9.45. The van der Waals surface area contributed by atoms with E-state index in [0.29, 0.717) is 51.3 Å². The highest BCUT2D eigenvalue weighted by Crippen LogP contribution is 2.49. The van der Waals surface area contributed by atoms with Crippen LogP contribution in [0.2, 0.25) is 16.6 Å². The molecule has 3 aliphatic heterocycles. The quantitative estimate of drug-likeness (QED) is 0.0866. The predicted octanol–water partition coefficient (Wildman–Crippen LogP) is 10.5. The lowest BCUT2D eigenvalue weighted by atomic mass is 9.92. The first-order valence-electron chi connectivity index (χ1n) is 18.9. The van der Waals surface area contributed by atoms with Crippen LogP contribution in [0.3, 0.4) is 0 Å². The van der Waals surface area contributed by atoms with Gasteiger partial charge in [0.05, 0.1) is 34.6 Å². The van der Waals surface area contributed by atoms with Gasteiger partial charge in [-0.1, -0.05) is 83.5 Å². The Morgan fingerprint density at radius 3 is 2.31 bits per heavy atom. The Balaban J connectivity index is 1.44. The van der Waals surface area contributed by atoms with Gasteiger partial charge in [0.25, 0.3) is 0 Å². The van der Waals surface area contributed by atoms with E-state index in [1.807, 2.05) is 25.7 Å². The van der Waals surface area contributed by atoms with Gasteiger partial charge in [-0.2, -0.15) is 0 Å². The monoisotopic (exact) mass is 774 g/mol. The molecular weight excluding hydrogens is 726 g/mol. The maximum atomic E-state index is 17.4. The van der Waals surface area contributed by atoms with E-state index in [9.17, 15) is 4.79 Å². The van der Waals surface area contributed by atoms with Gasteiger partial charge >= 0.3 is 6.09 Å². The Morgan fingerprint density at radius 1 is 0.963 bits per heavy atom.